The smallest absolute Gasteiger partial charge is 0.303 e. The van der Waals surface area contributed by atoms with E-state index in [-0.39, 0.29) is 6.42 Å². The Morgan fingerprint density at radius 1 is 1.39 bits per heavy atom. The summed E-state index contributed by atoms with van der Waals surface area (Å²) in [6, 6.07) is 7.46. The summed E-state index contributed by atoms with van der Waals surface area (Å²) in [6.07, 6.45) is 2.26. The van der Waals surface area contributed by atoms with Crippen molar-refractivity contribution in [2.24, 2.45) is 0 Å². The van der Waals surface area contributed by atoms with Gasteiger partial charge in [0.05, 0.1) is 31.1 Å². The normalized spacial score (nSPS) is 10.3. The summed E-state index contributed by atoms with van der Waals surface area (Å²) in [5, 5.41) is 8.62. The molecule has 0 spiro atoms. The van der Waals surface area contributed by atoms with Crippen molar-refractivity contribution < 1.29 is 14.6 Å². The third-order valence-electron chi connectivity index (χ3n) is 2.60. The molecule has 0 saturated carbocycles. The van der Waals surface area contributed by atoms with Crippen LogP contribution in [0.15, 0.2) is 30.5 Å². The van der Waals surface area contributed by atoms with E-state index in [2.05, 4.69) is 9.97 Å². The van der Waals surface area contributed by atoms with Crippen molar-refractivity contribution in [2.45, 2.75) is 12.8 Å². The molecule has 2 heterocycles. The van der Waals surface area contributed by atoms with Crippen LogP contribution in [0.3, 0.4) is 0 Å². The highest BCUT2D eigenvalue weighted by Gasteiger charge is 2.05. The molecular formula is C13H14N2O3. The van der Waals surface area contributed by atoms with E-state index in [1.165, 1.54) is 0 Å². The molecule has 0 amide bonds. The summed E-state index contributed by atoms with van der Waals surface area (Å²) in [5.74, 6) is -0.0925. The van der Waals surface area contributed by atoms with Crippen LogP contribution in [0.4, 0.5) is 0 Å². The number of rotatable bonds is 5. The molecule has 0 aliphatic heterocycles. The maximum absolute atomic E-state index is 10.5. The maximum atomic E-state index is 10.5. The fourth-order valence-electron chi connectivity index (χ4n) is 1.64. The fourth-order valence-corrected chi connectivity index (χ4v) is 1.64. The predicted octanol–water partition coefficient (Wildman–Crippen LogP) is 2.10. The van der Waals surface area contributed by atoms with E-state index in [0.29, 0.717) is 12.2 Å². The molecule has 0 bridgehead atoms. The van der Waals surface area contributed by atoms with Gasteiger partial charge in [-0.3, -0.25) is 9.78 Å². The number of pyridine rings is 1. The van der Waals surface area contributed by atoms with Crippen LogP contribution in [-0.4, -0.2) is 28.2 Å². The first-order valence-electron chi connectivity index (χ1n) is 5.59. The van der Waals surface area contributed by atoms with Gasteiger partial charge in [-0.25, -0.2) is 0 Å². The molecule has 0 unspecified atom stereocenters. The largest absolute Gasteiger partial charge is 0.495 e. The molecule has 2 N–H and O–H groups in total. The van der Waals surface area contributed by atoms with E-state index < -0.39 is 5.97 Å². The number of hydrogen-bond acceptors (Lipinski definition) is 3. The molecule has 0 saturated heterocycles. The fraction of sp³-hybridized carbons (Fsp3) is 0.231. The van der Waals surface area contributed by atoms with Gasteiger partial charge >= 0.3 is 5.97 Å². The lowest BCUT2D eigenvalue weighted by Gasteiger charge is -2.00. The number of nitrogens with zero attached hydrogens (tertiary/aromatic N) is 1. The maximum Gasteiger partial charge on any atom is 0.303 e. The Morgan fingerprint density at radius 3 is 2.83 bits per heavy atom. The van der Waals surface area contributed by atoms with E-state index in [0.717, 1.165) is 17.1 Å². The lowest BCUT2D eigenvalue weighted by Crippen LogP contribution is -1.97. The SMILES string of the molecule is COc1ccc(-c2ccc(CCC(=O)O)[nH]2)nc1. The monoisotopic (exact) mass is 246 g/mol. The molecule has 5 nitrogen and oxygen atoms in total. The number of nitrogens with one attached hydrogen (secondary N) is 1. The lowest BCUT2D eigenvalue weighted by molar-refractivity contribution is -0.136. The minimum Gasteiger partial charge on any atom is -0.495 e. The van der Waals surface area contributed by atoms with Crippen LogP contribution in [0.25, 0.3) is 11.4 Å². The number of methoxy groups -OCH3 is 1. The third kappa shape index (κ3) is 2.88. The highest BCUT2D eigenvalue weighted by Crippen LogP contribution is 2.19. The molecule has 0 aromatic carbocycles. The number of carboxylic acid groups (broad SMARTS) is 1. The average Bonchev–Trinajstić information content (AvgIpc) is 2.85. The van der Waals surface area contributed by atoms with Crippen LogP contribution in [0.2, 0.25) is 0 Å². The van der Waals surface area contributed by atoms with Crippen molar-refractivity contribution in [3.8, 4) is 17.1 Å². The van der Waals surface area contributed by atoms with Gasteiger partial charge in [0.2, 0.25) is 0 Å². The van der Waals surface area contributed by atoms with Crippen LogP contribution in [0.5, 0.6) is 5.75 Å². The van der Waals surface area contributed by atoms with Gasteiger partial charge in [0.1, 0.15) is 5.75 Å². The topological polar surface area (TPSA) is 75.2 Å². The van der Waals surface area contributed by atoms with Crippen LogP contribution < -0.4 is 4.74 Å². The van der Waals surface area contributed by atoms with Gasteiger partial charge in [0.25, 0.3) is 0 Å². The van der Waals surface area contributed by atoms with Crippen LogP contribution in [-0.2, 0) is 11.2 Å². The Bertz CT molecular complexity index is 531. The molecule has 2 rings (SSSR count). The van der Waals surface area contributed by atoms with Gasteiger partial charge in [-0.05, 0) is 30.7 Å². The molecule has 2 aromatic rings. The van der Waals surface area contributed by atoms with Crippen molar-refractivity contribution in [2.75, 3.05) is 7.11 Å². The summed E-state index contributed by atoms with van der Waals surface area (Å²) in [6.45, 7) is 0. The Hall–Kier alpha value is -2.30. The molecule has 0 atom stereocenters. The number of hydrogen-bond donors (Lipinski definition) is 2. The number of carbonyl (C=O) groups is 1. The molecule has 94 valence electrons. The number of aryl methyl sites for hydroxylation is 1. The first-order chi connectivity index (χ1) is 8.69. The Labute approximate surface area is 104 Å². The van der Waals surface area contributed by atoms with Gasteiger partial charge < -0.3 is 14.8 Å². The van der Waals surface area contributed by atoms with E-state index in [1.807, 2.05) is 24.3 Å². The number of aliphatic carboxylic acids is 1. The van der Waals surface area contributed by atoms with E-state index in [1.54, 1.807) is 13.3 Å². The first kappa shape index (κ1) is 12.2. The number of aromatic amines is 1. The summed E-state index contributed by atoms with van der Waals surface area (Å²) in [5.41, 5.74) is 2.57. The number of carboxylic acids is 1. The van der Waals surface area contributed by atoms with Crippen molar-refractivity contribution in [3.05, 3.63) is 36.2 Å². The molecule has 0 radical (unpaired) electrons. The van der Waals surface area contributed by atoms with Gasteiger partial charge in [0.15, 0.2) is 0 Å². The summed E-state index contributed by atoms with van der Waals surface area (Å²) in [7, 11) is 1.59. The zero-order valence-electron chi connectivity index (χ0n) is 10.0. The minimum atomic E-state index is -0.797. The summed E-state index contributed by atoms with van der Waals surface area (Å²) < 4.78 is 5.04. The second-order valence-corrected chi connectivity index (χ2v) is 3.87. The quantitative estimate of drug-likeness (QED) is 0.847. The standard InChI is InChI=1S/C13H14N2O3/c1-18-10-4-6-11(14-8-10)12-5-2-9(15-12)3-7-13(16)17/h2,4-6,8,15H,3,7H2,1H3,(H,16,17). The van der Waals surface area contributed by atoms with Crippen LogP contribution >= 0.6 is 0 Å². The molecule has 0 fully saturated rings. The van der Waals surface area contributed by atoms with Gasteiger partial charge in [-0.15, -0.1) is 0 Å². The minimum absolute atomic E-state index is 0.121. The van der Waals surface area contributed by atoms with Gasteiger partial charge in [-0.1, -0.05) is 0 Å². The van der Waals surface area contributed by atoms with Crippen molar-refractivity contribution in [3.63, 3.8) is 0 Å². The van der Waals surface area contributed by atoms with E-state index in [4.69, 9.17) is 9.84 Å². The number of aromatic nitrogens is 2. The van der Waals surface area contributed by atoms with E-state index in [9.17, 15) is 4.79 Å². The highest BCUT2D eigenvalue weighted by molar-refractivity contribution is 5.67. The van der Waals surface area contributed by atoms with Crippen LogP contribution in [0, 0.1) is 0 Å². The molecule has 2 aromatic heterocycles. The Balaban J connectivity index is 2.10. The second kappa shape index (κ2) is 5.35. The second-order valence-electron chi connectivity index (χ2n) is 3.87. The Kier molecular flexibility index (Phi) is 3.62. The zero-order valence-corrected chi connectivity index (χ0v) is 10.0. The highest BCUT2D eigenvalue weighted by atomic mass is 16.5. The summed E-state index contributed by atoms with van der Waals surface area (Å²) >= 11 is 0. The lowest BCUT2D eigenvalue weighted by atomic mass is 10.2. The zero-order chi connectivity index (χ0) is 13.0. The molecule has 0 aliphatic carbocycles. The molecule has 18 heavy (non-hydrogen) atoms. The Morgan fingerprint density at radius 2 is 2.22 bits per heavy atom. The molecule has 5 heteroatoms. The van der Waals surface area contributed by atoms with Crippen molar-refractivity contribution >= 4 is 5.97 Å². The summed E-state index contributed by atoms with van der Waals surface area (Å²) in [4.78, 5) is 17.9. The van der Waals surface area contributed by atoms with Crippen molar-refractivity contribution in [1.29, 1.82) is 0 Å². The van der Waals surface area contributed by atoms with Crippen molar-refractivity contribution in [1.82, 2.24) is 9.97 Å². The average molecular weight is 246 g/mol. The van der Waals surface area contributed by atoms with Crippen LogP contribution in [0.1, 0.15) is 12.1 Å². The first-order valence-corrected chi connectivity index (χ1v) is 5.59. The number of ether oxygens (including phenoxy) is 1. The third-order valence-corrected chi connectivity index (χ3v) is 2.60. The predicted molar refractivity (Wildman–Crippen MR) is 66.5 cm³/mol. The molecular weight excluding hydrogens is 232 g/mol. The van der Waals surface area contributed by atoms with Gasteiger partial charge in [0, 0.05) is 5.69 Å². The van der Waals surface area contributed by atoms with E-state index >= 15 is 0 Å². The number of H-pyrrole nitrogens is 1. The molecule has 0 aliphatic rings. The van der Waals surface area contributed by atoms with Gasteiger partial charge in [-0.2, -0.15) is 0 Å².